The number of aromatic nitrogens is 2. The van der Waals surface area contributed by atoms with Crippen LogP contribution in [0.4, 0.5) is 0 Å². The second-order valence-electron chi connectivity index (χ2n) is 4.31. The maximum absolute atomic E-state index is 12.0. The number of hydrogen-bond acceptors (Lipinski definition) is 2. The average Bonchev–Trinajstić information content (AvgIpc) is 2.75. The Morgan fingerprint density at radius 2 is 2.25 bits per heavy atom. The molecule has 2 heterocycles. The van der Waals surface area contributed by atoms with E-state index in [1.807, 2.05) is 11.9 Å². The molecule has 0 aliphatic carbocycles. The lowest BCUT2D eigenvalue weighted by atomic mass is 9.99. The second-order valence-corrected chi connectivity index (χ2v) is 4.62. The van der Waals surface area contributed by atoms with Crippen molar-refractivity contribution < 1.29 is 4.79 Å². The number of hydrogen-bond donors (Lipinski definition) is 0. The summed E-state index contributed by atoms with van der Waals surface area (Å²) in [6.45, 7) is 1.60. The summed E-state index contributed by atoms with van der Waals surface area (Å²) in [5.41, 5.74) is 0.534. The highest BCUT2D eigenvalue weighted by Crippen LogP contribution is 2.19. The van der Waals surface area contributed by atoms with E-state index in [4.69, 9.17) is 11.6 Å². The van der Waals surface area contributed by atoms with Crippen molar-refractivity contribution in [2.75, 3.05) is 19.0 Å². The summed E-state index contributed by atoms with van der Waals surface area (Å²) in [5.74, 6) is 1.30. The van der Waals surface area contributed by atoms with E-state index in [1.54, 1.807) is 17.1 Å². The van der Waals surface area contributed by atoms with Gasteiger partial charge in [0.05, 0.1) is 6.33 Å². The van der Waals surface area contributed by atoms with Gasteiger partial charge in [0.1, 0.15) is 5.69 Å². The number of carbonyl (C=O) groups excluding carboxylic acids is 1. The van der Waals surface area contributed by atoms with Crippen molar-refractivity contribution in [1.82, 2.24) is 14.5 Å². The average molecular weight is 242 g/mol. The Morgan fingerprint density at radius 3 is 2.75 bits per heavy atom. The molecule has 0 bridgehead atoms. The lowest BCUT2D eigenvalue weighted by molar-refractivity contribution is 0.0692. The molecule has 0 saturated carbocycles. The molecular formula is C11H16ClN3O. The summed E-state index contributed by atoms with van der Waals surface area (Å²) in [6, 6.07) is 0. The number of alkyl halides is 1. The summed E-state index contributed by atoms with van der Waals surface area (Å²) in [6.07, 6.45) is 5.42. The van der Waals surface area contributed by atoms with Crippen molar-refractivity contribution in [1.29, 1.82) is 0 Å². The number of likely N-dealkylation sites (tertiary alicyclic amines) is 1. The molecular weight excluding hydrogens is 226 g/mol. The van der Waals surface area contributed by atoms with E-state index in [0.717, 1.165) is 25.9 Å². The van der Waals surface area contributed by atoms with Crippen LogP contribution in [0.3, 0.4) is 0 Å². The first-order valence-electron chi connectivity index (χ1n) is 5.54. The zero-order valence-electron chi connectivity index (χ0n) is 9.40. The van der Waals surface area contributed by atoms with Crippen LogP contribution in [0.1, 0.15) is 23.3 Å². The van der Waals surface area contributed by atoms with Gasteiger partial charge in [-0.1, -0.05) is 0 Å². The number of halogens is 1. The molecule has 4 nitrogen and oxygen atoms in total. The lowest BCUT2D eigenvalue weighted by Crippen LogP contribution is -2.39. The molecule has 0 unspecified atom stereocenters. The van der Waals surface area contributed by atoms with Crippen LogP contribution in [0.2, 0.25) is 0 Å². The standard InChI is InChI=1S/C11H16ClN3O/c1-14-7-10(13-8-14)11(16)15-4-2-9(6-12)3-5-15/h7-9H,2-6H2,1H3. The Kier molecular flexibility index (Phi) is 3.49. The quantitative estimate of drug-likeness (QED) is 0.737. The Hall–Kier alpha value is -1.03. The normalized spacial score (nSPS) is 17.8. The van der Waals surface area contributed by atoms with Crippen LogP contribution >= 0.6 is 11.6 Å². The largest absolute Gasteiger partial charge is 0.340 e. The molecule has 1 fully saturated rings. The smallest absolute Gasteiger partial charge is 0.274 e. The zero-order valence-corrected chi connectivity index (χ0v) is 10.2. The molecule has 88 valence electrons. The molecule has 1 aliphatic heterocycles. The molecule has 16 heavy (non-hydrogen) atoms. The van der Waals surface area contributed by atoms with Gasteiger partial charge in [-0.05, 0) is 18.8 Å². The molecule has 0 aromatic carbocycles. The van der Waals surface area contributed by atoms with Gasteiger partial charge < -0.3 is 9.47 Å². The minimum Gasteiger partial charge on any atom is -0.340 e. The second kappa shape index (κ2) is 4.87. The molecule has 1 aromatic heterocycles. The fourth-order valence-electron chi connectivity index (χ4n) is 1.98. The van der Waals surface area contributed by atoms with Crippen LogP contribution in [-0.2, 0) is 7.05 Å². The predicted molar refractivity (Wildman–Crippen MR) is 62.6 cm³/mol. The van der Waals surface area contributed by atoms with Gasteiger partial charge in [-0.2, -0.15) is 0 Å². The first kappa shape index (κ1) is 11.5. The summed E-state index contributed by atoms with van der Waals surface area (Å²) in [5, 5.41) is 0. The van der Waals surface area contributed by atoms with Gasteiger partial charge in [-0.25, -0.2) is 4.98 Å². The highest BCUT2D eigenvalue weighted by atomic mass is 35.5. The number of amides is 1. The first-order valence-corrected chi connectivity index (χ1v) is 6.07. The van der Waals surface area contributed by atoms with Crippen LogP contribution in [-0.4, -0.2) is 39.3 Å². The van der Waals surface area contributed by atoms with Gasteiger partial charge >= 0.3 is 0 Å². The molecule has 0 spiro atoms. The molecule has 0 radical (unpaired) electrons. The van der Waals surface area contributed by atoms with Crippen LogP contribution in [0.15, 0.2) is 12.5 Å². The highest BCUT2D eigenvalue weighted by molar-refractivity contribution is 6.18. The van der Waals surface area contributed by atoms with E-state index < -0.39 is 0 Å². The van der Waals surface area contributed by atoms with Gasteiger partial charge in [-0.3, -0.25) is 4.79 Å². The maximum atomic E-state index is 12.0. The maximum Gasteiger partial charge on any atom is 0.274 e. The first-order chi connectivity index (χ1) is 7.70. The van der Waals surface area contributed by atoms with E-state index in [1.165, 1.54) is 0 Å². The Balaban J connectivity index is 1.96. The Morgan fingerprint density at radius 1 is 1.56 bits per heavy atom. The summed E-state index contributed by atoms with van der Waals surface area (Å²) >= 11 is 5.81. The van der Waals surface area contributed by atoms with Crippen LogP contribution in [0, 0.1) is 5.92 Å². The third-order valence-electron chi connectivity index (χ3n) is 3.04. The Bertz CT molecular complexity index is 369. The lowest BCUT2D eigenvalue weighted by Gasteiger charge is -2.30. The fourth-order valence-corrected chi connectivity index (χ4v) is 2.28. The number of rotatable bonds is 2. The van der Waals surface area contributed by atoms with Crippen LogP contribution in [0.25, 0.3) is 0 Å². The summed E-state index contributed by atoms with van der Waals surface area (Å²) in [7, 11) is 1.86. The molecule has 1 saturated heterocycles. The number of nitrogens with zero attached hydrogens (tertiary/aromatic N) is 3. The van der Waals surface area contributed by atoms with Crippen LogP contribution < -0.4 is 0 Å². The fraction of sp³-hybridized carbons (Fsp3) is 0.636. The van der Waals surface area contributed by atoms with E-state index in [-0.39, 0.29) is 5.91 Å². The Labute approximate surface area is 100 Å². The van der Waals surface area contributed by atoms with E-state index >= 15 is 0 Å². The molecule has 5 heteroatoms. The van der Waals surface area contributed by atoms with Crippen molar-refractivity contribution in [3.63, 3.8) is 0 Å². The number of carbonyl (C=O) groups is 1. The topological polar surface area (TPSA) is 38.1 Å². The number of imidazole rings is 1. The van der Waals surface area contributed by atoms with Gasteiger partial charge in [0, 0.05) is 32.2 Å². The van der Waals surface area contributed by atoms with E-state index in [0.29, 0.717) is 17.5 Å². The van der Waals surface area contributed by atoms with Gasteiger partial charge in [0.15, 0.2) is 0 Å². The van der Waals surface area contributed by atoms with Crippen molar-refractivity contribution in [2.24, 2.45) is 13.0 Å². The third-order valence-corrected chi connectivity index (χ3v) is 3.48. The minimum absolute atomic E-state index is 0.0358. The molecule has 1 aromatic rings. The molecule has 1 aliphatic rings. The molecule has 1 amide bonds. The van der Waals surface area contributed by atoms with Crippen molar-refractivity contribution in [3.8, 4) is 0 Å². The summed E-state index contributed by atoms with van der Waals surface area (Å²) < 4.78 is 1.79. The highest BCUT2D eigenvalue weighted by Gasteiger charge is 2.24. The summed E-state index contributed by atoms with van der Waals surface area (Å²) in [4.78, 5) is 18.0. The molecule has 2 rings (SSSR count). The molecule has 0 atom stereocenters. The van der Waals surface area contributed by atoms with Crippen molar-refractivity contribution >= 4 is 17.5 Å². The van der Waals surface area contributed by atoms with Crippen LogP contribution in [0.5, 0.6) is 0 Å². The minimum atomic E-state index is 0.0358. The van der Waals surface area contributed by atoms with E-state index in [2.05, 4.69) is 4.98 Å². The predicted octanol–water partition coefficient (Wildman–Crippen LogP) is 1.51. The number of aryl methyl sites for hydroxylation is 1. The SMILES string of the molecule is Cn1cnc(C(=O)N2CCC(CCl)CC2)c1. The number of piperidine rings is 1. The zero-order chi connectivity index (χ0) is 11.5. The van der Waals surface area contributed by atoms with Gasteiger partial charge in [0.2, 0.25) is 0 Å². The van der Waals surface area contributed by atoms with Crippen molar-refractivity contribution in [2.45, 2.75) is 12.8 Å². The monoisotopic (exact) mass is 241 g/mol. The van der Waals surface area contributed by atoms with E-state index in [9.17, 15) is 4.79 Å². The van der Waals surface area contributed by atoms with Gasteiger partial charge in [-0.15, -0.1) is 11.6 Å². The van der Waals surface area contributed by atoms with Crippen molar-refractivity contribution in [3.05, 3.63) is 18.2 Å². The van der Waals surface area contributed by atoms with Gasteiger partial charge in [0.25, 0.3) is 5.91 Å². The molecule has 0 N–H and O–H groups in total. The third kappa shape index (κ3) is 2.38.